The molecular formula is C13H23ClN2O2. The van der Waals surface area contributed by atoms with E-state index >= 15 is 0 Å². The molecule has 1 heterocycles. The molecule has 1 aromatic rings. The number of aromatic hydroxyl groups is 1. The van der Waals surface area contributed by atoms with Crippen molar-refractivity contribution in [1.82, 2.24) is 4.98 Å². The highest BCUT2D eigenvalue weighted by Gasteiger charge is 2.17. The molecule has 0 unspecified atom stereocenters. The molecule has 5 heteroatoms. The first-order chi connectivity index (χ1) is 8.11. The number of unbranched alkanes of at least 4 members (excludes halogenated alkanes) is 2. The van der Waals surface area contributed by atoms with Crippen LogP contribution in [0.4, 0.5) is 0 Å². The minimum atomic E-state index is -0.231. The predicted octanol–water partition coefficient (Wildman–Crippen LogP) is 2.59. The van der Waals surface area contributed by atoms with E-state index in [4.69, 9.17) is 5.73 Å². The molecule has 0 bridgehead atoms. The number of aromatic nitrogens is 1. The van der Waals surface area contributed by atoms with E-state index in [0.717, 1.165) is 25.7 Å². The zero-order valence-electron chi connectivity index (χ0n) is 11.0. The van der Waals surface area contributed by atoms with Gasteiger partial charge in [-0.25, -0.2) is 0 Å². The number of rotatable bonds is 6. The van der Waals surface area contributed by atoms with Gasteiger partial charge in [-0.3, -0.25) is 4.98 Å². The van der Waals surface area contributed by atoms with Crippen LogP contribution in [-0.2, 0) is 6.61 Å². The van der Waals surface area contributed by atoms with Crippen molar-refractivity contribution < 1.29 is 10.2 Å². The number of pyridine rings is 1. The molecule has 0 radical (unpaired) electrons. The molecule has 0 fully saturated rings. The topological polar surface area (TPSA) is 79.4 Å². The molecular weight excluding hydrogens is 252 g/mol. The van der Waals surface area contributed by atoms with Crippen LogP contribution in [0.15, 0.2) is 6.20 Å². The van der Waals surface area contributed by atoms with Crippen LogP contribution in [0.25, 0.3) is 0 Å². The SMILES string of the molecule is CCCCC[C@@H](N)c1c(CO)cnc(C)c1O.Cl. The Balaban J connectivity index is 0.00000289. The van der Waals surface area contributed by atoms with Crippen molar-refractivity contribution in [3.63, 3.8) is 0 Å². The molecule has 0 saturated carbocycles. The third-order valence-electron chi connectivity index (χ3n) is 3.02. The zero-order valence-corrected chi connectivity index (χ0v) is 11.8. The maximum absolute atomic E-state index is 9.98. The molecule has 0 saturated heterocycles. The van der Waals surface area contributed by atoms with Gasteiger partial charge in [-0.05, 0) is 13.3 Å². The van der Waals surface area contributed by atoms with Crippen molar-refractivity contribution in [3.05, 3.63) is 23.0 Å². The van der Waals surface area contributed by atoms with E-state index in [-0.39, 0.29) is 30.8 Å². The van der Waals surface area contributed by atoms with E-state index in [9.17, 15) is 10.2 Å². The Labute approximate surface area is 115 Å². The number of aryl methyl sites for hydroxylation is 1. The summed E-state index contributed by atoms with van der Waals surface area (Å²) in [5.74, 6) is 0.126. The minimum absolute atomic E-state index is 0. The van der Waals surface area contributed by atoms with Crippen molar-refractivity contribution >= 4 is 12.4 Å². The molecule has 0 aliphatic rings. The van der Waals surface area contributed by atoms with Crippen LogP contribution in [0.2, 0.25) is 0 Å². The van der Waals surface area contributed by atoms with E-state index < -0.39 is 0 Å². The lowest BCUT2D eigenvalue weighted by Gasteiger charge is -2.17. The van der Waals surface area contributed by atoms with Gasteiger partial charge in [0.1, 0.15) is 5.75 Å². The van der Waals surface area contributed by atoms with Crippen LogP contribution in [0.1, 0.15) is 55.5 Å². The molecule has 1 atom stereocenters. The lowest BCUT2D eigenvalue weighted by atomic mass is 9.96. The maximum atomic E-state index is 9.98. The maximum Gasteiger partial charge on any atom is 0.141 e. The number of hydrogen-bond acceptors (Lipinski definition) is 4. The molecule has 4 nitrogen and oxygen atoms in total. The average molecular weight is 275 g/mol. The van der Waals surface area contributed by atoms with Gasteiger partial charge < -0.3 is 15.9 Å². The van der Waals surface area contributed by atoms with Gasteiger partial charge in [-0.1, -0.05) is 26.2 Å². The molecule has 0 aliphatic heterocycles. The number of hydrogen-bond donors (Lipinski definition) is 3. The summed E-state index contributed by atoms with van der Waals surface area (Å²) in [4.78, 5) is 4.02. The molecule has 104 valence electrons. The van der Waals surface area contributed by atoms with Gasteiger partial charge in [0.05, 0.1) is 12.3 Å². The molecule has 0 amide bonds. The van der Waals surface area contributed by atoms with Crippen molar-refractivity contribution in [2.75, 3.05) is 0 Å². The summed E-state index contributed by atoms with van der Waals surface area (Å²) < 4.78 is 0. The third kappa shape index (κ3) is 4.12. The average Bonchev–Trinajstić information content (AvgIpc) is 2.32. The number of halogens is 1. The fourth-order valence-corrected chi connectivity index (χ4v) is 1.95. The Morgan fingerprint density at radius 3 is 2.61 bits per heavy atom. The highest BCUT2D eigenvalue weighted by Crippen LogP contribution is 2.31. The third-order valence-corrected chi connectivity index (χ3v) is 3.02. The van der Waals surface area contributed by atoms with Crippen LogP contribution in [0.3, 0.4) is 0 Å². The van der Waals surface area contributed by atoms with E-state index in [2.05, 4.69) is 11.9 Å². The van der Waals surface area contributed by atoms with Crippen molar-refractivity contribution in [2.45, 2.75) is 52.2 Å². The summed E-state index contributed by atoms with van der Waals surface area (Å²) in [6, 6.07) is -0.231. The van der Waals surface area contributed by atoms with Crippen molar-refractivity contribution in [3.8, 4) is 5.75 Å². The minimum Gasteiger partial charge on any atom is -0.506 e. The van der Waals surface area contributed by atoms with Crippen LogP contribution in [-0.4, -0.2) is 15.2 Å². The lowest BCUT2D eigenvalue weighted by molar-refractivity contribution is 0.277. The number of aliphatic hydroxyl groups is 1. The fraction of sp³-hybridized carbons (Fsp3) is 0.615. The van der Waals surface area contributed by atoms with Crippen molar-refractivity contribution in [1.29, 1.82) is 0 Å². The van der Waals surface area contributed by atoms with Gasteiger partial charge in [0.15, 0.2) is 0 Å². The largest absolute Gasteiger partial charge is 0.506 e. The Bertz CT molecular complexity index is 372. The van der Waals surface area contributed by atoms with Crippen LogP contribution in [0, 0.1) is 6.92 Å². The zero-order chi connectivity index (χ0) is 12.8. The molecule has 1 rings (SSSR count). The van der Waals surface area contributed by atoms with Gasteiger partial charge >= 0.3 is 0 Å². The second-order valence-electron chi connectivity index (χ2n) is 4.39. The van der Waals surface area contributed by atoms with Gasteiger partial charge in [0.2, 0.25) is 0 Å². The van der Waals surface area contributed by atoms with E-state index in [0.29, 0.717) is 16.8 Å². The first-order valence-electron chi connectivity index (χ1n) is 6.15. The second kappa shape index (κ2) is 8.29. The van der Waals surface area contributed by atoms with E-state index in [1.54, 1.807) is 13.1 Å². The van der Waals surface area contributed by atoms with Crippen molar-refractivity contribution in [2.24, 2.45) is 5.73 Å². The Morgan fingerprint density at radius 2 is 2.06 bits per heavy atom. The molecule has 0 aliphatic carbocycles. The van der Waals surface area contributed by atoms with E-state index in [1.165, 1.54) is 0 Å². The highest BCUT2D eigenvalue weighted by molar-refractivity contribution is 5.85. The molecule has 0 aromatic carbocycles. The van der Waals surface area contributed by atoms with Crippen LogP contribution < -0.4 is 5.73 Å². The smallest absolute Gasteiger partial charge is 0.141 e. The molecule has 1 aromatic heterocycles. The monoisotopic (exact) mass is 274 g/mol. The number of nitrogens with zero attached hydrogens (tertiary/aromatic N) is 1. The second-order valence-corrected chi connectivity index (χ2v) is 4.39. The van der Waals surface area contributed by atoms with E-state index in [1.807, 2.05) is 0 Å². The lowest BCUT2D eigenvalue weighted by Crippen LogP contribution is -2.14. The number of aliphatic hydroxyl groups excluding tert-OH is 1. The quantitative estimate of drug-likeness (QED) is 0.697. The standard InChI is InChI=1S/C13H22N2O2.ClH/c1-3-4-5-6-11(14)12-10(8-16)7-15-9(2)13(12)17;/h7,11,16-17H,3-6,8,14H2,1-2H3;1H/t11-;/m1./s1. The van der Waals surface area contributed by atoms with Crippen LogP contribution in [0.5, 0.6) is 5.75 Å². The van der Waals surface area contributed by atoms with Gasteiger partial charge in [0, 0.05) is 23.4 Å². The summed E-state index contributed by atoms with van der Waals surface area (Å²) in [7, 11) is 0. The summed E-state index contributed by atoms with van der Waals surface area (Å²) in [6.07, 6.45) is 5.71. The highest BCUT2D eigenvalue weighted by atomic mass is 35.5. The Morgan fingerprint density at radius 1 is 1.39 bits per heavy atom. The fourth-order valence-electron chi connectivity index (χ4n) is 1.95. The van der Waals surface area contributed by atoms with Gasteiger partial charge in [0.25, 0.3) is 0 Å². The molecule has 4 N–H and O–H groups in total. The number of nitrogens with two attached hydrogens (primary N) is 1. The van der Waals surface area contributed by atoms with Gasteiger partial charge in [-0.15, -0.1) is 12.4 Å². The summed E-state index contributed by atoms with van der Waals surface area (Å²) in [5, 5.41) is 19.2. The first-order valence-corrected chi connectivity index (χ1v) is 6.15. The molecule has 0 spiro atoms. The summed E-state index contributed by atoms with van der Waals surface area (Å²) in [5.41, 5.74) is 7.91. The first kappa shape index (κ1) is 17.2. The Kier molecular flexibility index (Phi) is 7.91. The normalized spacial score (nSPS) is 12.0. The van der Waals surface area contributed by atoms with Crippen LogP contribution >= 0.6 is 12.4 Å². The Hall–Kier alpha value is -0.840. The van der Waals surface area contributed by atoms with Gasteiger partial charge in [-0.2, -0.15) is 0 Å². The predicted molar refractivity (Wildman–Crippen MR) is 74.9 cm³/mol. The summed E-state index contributed by atoms with van der Waals surface area (Å²) in [6.45, 7) is 3.73. The molecule has 18 heavy (non-hydrogen) atoms. The summed E-state index contributed by atoms with van der Waals surface area (Å²) >= 11 is 0.